The lowest BCUT2D eigenvalue weighted by Gasteiger charge is -2.38. The highest BCUT2D eigenvalue weighted by atomic mass is 19.4. The van der Waals surface area contributed by atoms with Crippen LogP contribution in [0.2, 0.25) is 0 Å². The van der Waals surface area contributed by atoms with E-state index in [0.29, 0.717) is 19.2 Å². The van der Waals surface area contributed by atoms with Gasteiger partial charge >= 0.3 is 12.2 Å². The maximum absolute atomic E-state index is 12.9. The number of anilines is 1. The van der Waals surface area contributed by atoms with E-state index in [-0.39, 0.29) is 24.8 Å². The number of urea groups is 1. The fraction of sp³-hybridized carbons (Fsp3) is 0.619. The molecule has 1 aliphatic heterocycles. The van der Waals surface area contributed by atoms with Crippen LogP contribution in [-0.2, 0) is 11.0 Å². The minimum absolute atomic E-state index is 0.0740. The van der Waals surface area contributed by atoms with E-state index in [4.69, 9.17) is 0 Å². The van der Waals surface area contributed by atoms with Crippen LogP contribution in [0.15, 0.2) is 18.2 Å². The average Bonchev–Trinajstić information content (AvgIpc) is 2.78. The molecule has 1 saturated heterocycles. The first-order valence-electron chi connectivity index (χ1n) is 11.0. The minimum atomic E-state index is -4.67. The number of halogens is 3. The predicted molar refractivity (Wildman–Crippen MR) is 115 cm³/mol. The number of alkyl halides is 3. The van der Waals surface area contributed by atoms with Crippen LogP contribution < -0.4 is 15.5 Å². The zero-order valence-electron chi connectivity index (χ0n) is 18.4. The molecule has 3 amide bonds. The molecule has 1 saturated carbocycles. The summed E-state index contributed by atoms with van der Waals surface area (Å²) in [4.78, 5) is 38.6. The first-order chi connectivity index (χ1) is 15.6. The summed E-state index contributed by atoms with van der Waals surface area (Å²) in [6.07, 6.45) is 0.378. The van der Waals surface area contributed by atoms with E-state index in [1.807, 2.05) is 4.90 Å². The van der Waals surface area contributed by atoms with Gasteiger partial charge in [0.1, 0.15) is 5.69 Å². The molecule has 2 fully saturated rings. The van der Waals surface area contributed by atoms with E-state index in [1.54, 1.807) is 11.8 Å². The topological polar surface area (TPSA) is 108 Å². The lowest BCUT2D eigenvalue weighted by atomic mass is 9.96. The first-order valence-corrected chi connectivity index (χ1v) is 11.0. The maximum Gasteiger partial charge on any atom is 0.416 e. The molecule has 1 aromatic rings. The van der Waals surface area contributed by atoms with Crippen LogP contribution in [0, 0.1) is 10.1 Å². The number of carbonyl (C=O) groups excluding carboxylic acids is 2. The van der Waals surface area contributed by atoms with Crippen molar-refractivity contribution in [2.75, 3.05) is 31.1 Å². The Morgan fingerprint density at radius 1 is 1.12 bits per heavy atom. The van der Waals surface area contributed by atoms with Gasteiger partial charge < -0.3 is 10.2 Å². The summed E-state index contributed by atoms with van der Waals surface area (Å²) in [7, 11) is 0. The van der Waals surface area contributed by atoms with Crippen LogP contribution in [0.25, 0.3) is 0 Å². The van der Waals surface area contributed by atoms with Gasteiger partial charge in [0.05, 0.1) is 16.5 Å². The van der Waals surface area contributed by atoms with E-state index < -0.39 is 40.3 Å². The number of nitro benzene ring substituents is 1. The molecule has 1 heterocycles. The summed E-state index contributed by atoms with van der Waals surface area (Å²) >= 11 is 0. The molecule has 182 valence electrons. The van der Waals surface area contributed by atoms with Gasteiger partial charge in [-0.3, -0.25) is 25.1 Å². The molecule has 1 aromatic carbocycles. The summed E-state index contributed by atoms with van der Waals surface area (Å²) in [5, 5.41) is 16.6. The van der Waals surface area contributed by atoms with E-state index in [0.717, 1.165) is 44.2 Å². The number of hydrogen-bond donors (Lipinski definition) is 2. The standard InChI is InChI=1S/C21H28F3N5O4/c1-14(19(30)26-20(31)25-16-5-3-2-4-6-16)27-9-11-28(12-10-27)17-8-7-15(21(22,23)24)13-18(17)29(32)33/h7-8,13-14,16H,2-6,9-12H2,1H3,(H2,25,26,30,31). The van der Waals surface area contributed by atoms with E-state index in [2.05, 4.69) is 10.6 Å². The zero-order valence-corrected chi connectivity index (χ0v) is 18.4. The van der Waals surface area contributed by atoms with Gasteiger partial charge in [-0.05, 0) is 31.9 Å². The van der Waals surface area contributed by atoms with Gasteiger partial charge in [0.15, 0.2) is 0 Å². The highest BCUT2D eigenvalue weighted by Crippen LogP contribution is 2.36. The molecule has 33 heavy (non-hydrogen) atoms. The molecule has 1 atom stereocenters. The Labute approximate surface area is 189 Å². The monoisotopic (exact) mass is 471 g/mol. The van der Waals surface area contributed by atoms with Gasteiger partial charge in [0.25, 0.3) is 5.69 Å². The molecule has 2 N–H and O–H groups in total. The molecule has 2 aliphatic rings. The third-order valence-corrected chi connectivity index (χ3v) is 6.26. The lowest BCUT2D eigenvalue weighted by molar-refractivity contribution is -0.384. The van der Waals surface area contributed by atoms with Crippen molar-refractivity contribution >= 4 is 23.3 Å². The number of imide groups is 1. The minimum Gasteiger partial charge on any atom is -0.363 e. The van der Waals surface area contributed by atoms with Crippen molar-refractivity contribution < 1.29 is 27.7 Å². The SMILES string of the molecule is CC(C(=O)NC(=O)NC1CCCCC1)N1CCN(c2ccc(C(F)(F)F)cc2[N+](=O)[O-])CC1. The van der Waals surface area contributed by atoms with E-state index in [1.165, 1.54) is 0 Å². The number of hydrogen-bond acceptors (Lipinski definition) is 6. The van der Waals surface area contributed by atoms with Crippen LogP contribution in [0.3, 0.4) is 0 Å². The Bertz CT molecular complexity index is 881. The van der Waals surface area contributed by atoms with Gasteiger partial charge in [-0.25, -0.2) is 4.79 Å². The Balaban J connectivity index is 1.56. The summed E-state index contributed by atoms with van der Waals surface area (Å²) in [5.41, 5.74) is -1.58. The van der Waals surface area contributed by atoms with Crippen LogP contribution in [-0.4, -0.2) is 60.0 Å². The lowest BCUT2D eigenvalue weighted by Crippen LogP contribution is -2.56. The second-order valence-corrected chi connectivity index (χ2v) is 8.45. The molecule has 3 rings (SSSR count). The van der Waals surface area contributed by atoms with Crippen molar-refractivity contribution in [3.8, 4) is 0 Å². The van der Waals surface area contributed by atoms with Gasteiger partial charge in [-0.2, -0.15) is 13.2 Å². The predicted octanol–water partition coefficient (Wildman–Crippen LogP) is 3.28. The van der Waals surface area contributed by atoms with E-state index in [9.17, 15) is 32.9 Å². The third-order valence-electron chi connectivity index (χ3n) is 6.26. The van der Waals surface area contributed by atoms with Crippen molar-refractivity contribution in [1.29, 1.82) is 0 Å². The quantitative estimate of drug-likeness (QED) is 0.504. The molecule has 0 aromatic heterocycles. The third kappa shape index (κ3) is 6.34. The second-order valence-electron chi connectivity index (χ2n) is 8.45. The zero-order chi connectivity index (χ0) is 24.2. The van der Waals surface area contributed by atoms with Crippen molar-refractivity contribution in [2.45, 2.75) is 57.3 Å². The number of nitrogens with one attached hydrogen (secondary N) is 2. The van der Waals surface area contributed by atoms with Crippen molar-refractivity contribution in [2.24, 2.45) is 0 Å². The highest BCUT2D eigenvalue weighted by molar-refractivity contribution is 5.96. The number of piperazine rings is 1. The number of nitrogens with zero attached hydrogens (tertiary/aromatic N) is 3. The highest BCUT2D eigenvalue weighted by Gasteiger charge is 2.35. The molecule has 9 nitrogen and oxygen atoms in total. The summed E-state index contributed by atoms with van der Waals surface area (Å²) in [6.45, 7) is 2.96. The van der Waals surface area contributed by atoms with Crippen molar-refractivity contribution in [3.63, 3.8) is 0 Å². The van der Waals surface area contributed by atoms with Crippen LogP contribution >= 0.6 is 0 Å². The molecular weight excluding hydrogens is 443 g/mol. The van der Waals surface area contributed by atoms with Gasteiger partial charge in [0.2, 0.25) is 5.91 Å². The fourth-order valence-electron chi connectivity index (χ4n) is 4.31. The Morgan fingerprint density at radius 3 is 2.33 bits per heavy atom. The molecule has 0 bridgehead atoms. The van der Waals surface area contributed by atoms with Gasteiger partial charge in [-0.15, -0.1) is 0 Å². The summed E-state index contributed by atoms with van der Waals surface area (Å²) in [6, 6.07) is 1.44. The van der Waals surface area contributed by atoms with Crippen LogP contribution in [0.4, 0.5) is 29.3 Å². The fourth-order valence-corrected chi connectivity index (χ4v) is 4.31. The van der Waals surface area contributed by atoms with Crippen molar-refractivity contribution in [3.05, 3.63) is 33.9 Å². The molecule has 1 aliphatic carbocycles. The molecular formula is C21H28F3N5O4. The Morgan fingerprint density at radius 2 is 1.76 bits per heavy atom. The number of benzene rings is 1. The van der Waals surface area contributed by atoms with Crippen LogP contribution in [0.1, 0.15) is 44.6 Å². The Kier molecular flexibility index (Phi) is 7.77. The van der Waals surface area contributed by atoms with E-state index >= 15 is 0 Å². The summed E-state index contributed by atoms with van der Waals surface area (Å²) < 4.78 is 38.8. The largest absolute Gasteiger partial charge is 0.416 e. The van der Waals surface area contributed by atoms with Crippen molar-refractivity contribution in [1.82, 2.24) is 15.5 Å². The number of amides is 3. The Hall–Kier alpha value is -2.89. The molecule has 0 radical (unpaired) electrons. The van der Waals surface area contributed by atoms with Crippen LogP contribution in [0.5, 0.6) is 0 Å². The number of rotatable bonds is 5. The average molecular weight is 471 g/mol. The second kappa shape index (κ2) is 10.4. The molecule has 12 heteroatoms. The number of nitro groups is 1. The molecule has 0 spiro atoms. The van der Waals surface area contributed by atoms with Gasteiger partial charge in [-0.1, -0.05) is 19.3 Å². The smallest absolute Gasteiger partial charge is 0.363 e. The summed E-state index contributed by atoms with van der Waals surface area (Å²) in [5.74, 6) is -0.447. The normalized spacial score (nSPS) is 19.1. The number of carbonyl (C=O) groups is 2. The van der Waals surface area contributed by atoms with Gasteiger partial charge in [0, 0.05) is 38.3 Å². The molecule has 1 unspecified atom stereocenters. The maximum atomic E-state index is 12.9. The first kappa shape index (κ1) is 24.7.